The van der Waals surface area contributed by atoms with E-state index < -0.39 is 18.1 Å². The van der Waals surface area contributed by atoms with Crippen molar-refractivity contribution >= 4 is 46.1 Å². The van der Waals surface area contributed by atoms with Crippen LogP contribution in [0.2, 0.25) is 5.02 Å². The molecule has 1 aliphatic heterocycles. The highest BCUT2D eigenvalue weighted by atomic mass is 127. The maximum absolute atomic E-state index is 13.8. The minimum absolute atomic E-state index is 0.0981. The quantitative estimate of drug-likeness (QED) is 0.155. The van der Waals surface area contributed by atoms with Gasteiger partial charge in [-0.05, 0) is 58.0 Å². The minimum atomic E-state index is -0.852. The lowest BCUT2D eigenvalue weighted by Crippen LogP contribution is -2.38. The van der Waals surface area contributed by atoms with Crippen molar-refractivity contribution < 1.29 is 19.4 Å². The number of amides is 3. The summed E-state index contributed by atoms with van der Waals surface area (Å²) in [5, 5.41) is 12.4. The van der Waals surface area contributed by atoms with Crippen LogP contribution in [0.1, 0.15) is 41.9 Å². The second-order valence-electron chi connectivity index (χ2n) is 9.18. The highest BCUT2D eigenvalue weighted by Crippen LogP contribution is 2.40. The summed E-state index contributed by atoms with van der Waals surface area (Å²) in [5.74, 6) is 0.407. The van der Waals surface area contributed by atoms with Gasteiger partial charge in [0, 0.05) is 15.1 Å². The van der Waals surface area contributed by atoms with Crippen LogP contribution in [0.25, 0.3) is 11.3 Å². The van der Waals surface area contributed by atoms with E-state index in [0.29, 0.717) is 27.9 Å². The van der Waals surface area contributed by atoms with Gasteiger partial charge in [-0.3, -0.25) is 9.69 Å². The minimum Gasteiger partial charge on any atom is -0.491 e. The van der Waals surface area contributed by atoms with Crippen molar-refractivity contribution in [3.63, 3.8) is 0 Å². The number of aliphatic hydroxyl groups is 1. The first kappa shape index (κ1) is 27.2. The molecular weight excluding hydrogens is 631 g/mol. The van der Waals surface area contributed by atoms with Gasteiger partial charge in [0.2, 0.25) is 0 Å². The largest absolute Gasteiger partial charge is 0.491 e. The van der Waals surface area contributed by atoms with E-state index >= 15 is 0 Å². The third-order valence-corrected chi connectivity index (χ3v) is 7.70. The summed E-state index contributed by atoms with van der Waals surface area (Å²) in [6, 6.07) is 20.3. The van der Waals surface area contributed by atoms with E-state index in [9.17, 15) is 9.59 Å². The number of carbonyl (C=O) groups is 2. The van der Waals surface area contributed by atoms with Crippen molar-refractivity contribution in [2.75, 3.05) is 13.2 Å². The van der Waals surface area contributed by atoms with Crippen LogP contribution in [0.15, 0.2) is 79.0 Å². The van der Waals surface area contributed by atoms with E-state index in [-0.39, 0.29) is 25.0 Å². The summed E-state index contributed by atoms with van der Waals surface area (Å²) in [6.07, 6.45) is 1.68. The molecule has 0 aliphatic carbocycles. The zero-order chi connectivity index (χ0) is 27.5. The molecule has 0 saturated carbocycles. The average Bonchev–Trinajstić information content (AvgIpc) is 3.53. The monoisotopic (exact) mass is 656 g/mol. The number of ether oxygens (including phenoxy) is 1. The van der Waals surface area contributed by atoms with Gasteiger partial charge >= 0.3 is 6.03 Å². The van der Waals surface area contributed by atoms with Gasteiger partial charge in [-0.1, -0.05) is 67.1 Å². The number of nitrogens with one attached hydrogen (secondary N) is 2. The molecule has 1 saturated heterocycles. The van der Waals surface area contributed by atoms with E-state index in [0.717, 1.165) is 14.7 Å². The van der Waals surface area contributed by atoms with Crippen molar-refractivity contribution in [3.05, 3.63) is 105 Å². The highest BCUT2D eigenvalue weighted by Gasteiger charge is 2.46. The van der Waals surface area contributed by atoms with E-state index in [1.165, 1.54) is 4.90 Å². The standard InChI is InChI=1S/C29H26ClIN4O4/c1-17(18-5-3-2-4-6-18)26(27-32-16-24(33-27)22-12-9-20(31)15-23(22)30)35-28(37)25(34-29(35)38)19-7-10-21(11-8-19)39-14-13-36/h2-12,15-17,25-26,36H,13-14H2,1H3,(H,32,33)(H,34,38)/t17-,25+,26-/m0/s1. The molecule has 4 aromatic rings. The van der Waals surface area contributed by atoms with Gasteiger partial charge in [0.05, 0.1) is 23.5 Å². The number of aromatic amines is 1. The second-order valence-corrected chi connectivity index (χ2v) is 10.8. The van der Waals surface area contributed by atoms with Crippen molar-refractivity contribution in [1.82, 2.24) is 20.2 Å². The SMILES string of the molecule is C[C@@H](c1ccccc1)[C@@H](c1ncc(-c2ccc(I)cc2Cl)[nH]1)N1C(=O)N[C@H](c2ccc(OCCO)cc2)C1=O. The van der Waals surface area contributed by atoms with Crippen LogP contribution in [-0.4, -0.2) is 45.1 Å². The topological polar surface area (TPSA) is 108 Å². The number of aromatic nitrogens is 2. The molecule has 3 atom stereocenters. The molecule has 200 valence electrons. The second kappa shape index (κ2) is 11.8. The normalized spacial score (nSPS) is 16.7. The summed E-state index contributed by atoms with van der Waals surface area (Å²) in [5.41, 5.74) is 3.06. The summed E-state index contributed by atoms with van der Waals surface area (Å²) in [7, 11) is 0. The van der Waals surface area contributed by atoms with Crippen molar-refractivity contribution in [1.29, 1.82) is 0 Å². The number of aliphatic hydroxyl groups excluding tert-OH is 1. The molecule has 2 heterocycles. The third kappa shape index (κ3) is 5.66. The molecular formula is C29H26ClIN4O4. The Balaban J connectivity index is 1.50. The Bertz CT molecular complexity index is 1480. The molecule has 10 heteroatoms. The lowest BCUT2D eigenvalue weighted by Gasteiger charge is -2.29. The molecule has 3 amide bonds. The van der Waals surface area contributed by atoms with Crippen LogP contribution in [0.5, 0.6) is 5.75 Å². The molecule has 1 aliphatic rings. The van der Waals surface area contributed by atoms with Crippen molar-refractivity contribution in [2.45, 2.75) is 24.9 Å². The van der Waals surface area contributed by atoms with Gasteiger partial charge in [-0.2, -0.15) is 0 Å². The van der Waals surface area contributed by atoms with E-state index in [4.69, 9.17) is 21.4 Å². The van der Waals surface area contributed by atoms with Gasteiger partial charge < -0.3 is 20.1 Å². The molecule has 5 rings (SSSR count). The molecule has 0 unspecified atom stereocenters. The molecule has 1 fully saturated rings. The Hall–Kier alpha value is -3.41. The summed E-state index contributed by atoms with van der Waals surface area (Å²) in [4.78, 5) is 36.4. The lowest BCUT2D eigenvalue weighted by atomic mass is 9.91. The van der Waals surface area contributed by atoms with E-state index in [1.54, 1.807) is 30.5 Å². The molecule has 1 aromatic heterocycles. The predicted molar refractivity (Wildman–Crippen MR) is 156 cm³/mol. The number of imide groups is 1. The number of nitrogens with zero attached hydrogens (tertiary/aromatic N) is 2. The number of hydrogen-bond acceptors (Lipinski definition) is 5. The maximum atomic E-state index is 13.8. The Morgan fingerprint density at radius 2 is 1.85 bits per heavy atom. The van der Waals surface area contributed by atoms with Gasteiger partial charge in [0.1, 0.15) is 30.3 Å². The fraction of sp³-hybridized carbons (Fsp3) is 0.207. The van der Waals surface area contributed by atoms with Gasteiger partial charge in [-0.25, -0.2) is 9.78 Å². The first-order chi connectivity index (χ1) is 18.9. The average molecular weight is 657 g/mol. The number of carbonyl (C=O) groups excluding carboxylic acids is 2. The number of urea groups is 1. The van der Waals surface area contributed by atoms with E-state index in [1.807, 2.05) is 55.5 Å². The van der Waals surface area contributed by atoms with Crippen LogP contribution >= 0.6 is 34.2 Å². The Labute approximate surface area is 244 Å². The molecule has 0 spiro atoms. The number of rotatable bonds is 9. The van der Waals surface area contributed by atoms with Crippen LogP contribution in [-0.2, 0) is 4.79 Å². The summed E-state index contributed by atoms with van der Waals surface area (Å²) < 4.78 is 6.43. The first-order valence-electron chi connectivity index (χ1n) is 12.4. The molecule has 0 radical (unpaired) electrons. The van der Waals surface area contributed by atoms with Crippen LogP contribution in [0, 0.1) is 3.57 Å². The number of halogens is 2. The fourth-order valence-electron chi connectivity index (χ4n) is 4.76. The van der Waals surface area contributed by atoms with Crippen LogP contribution in [0.3, 0.4) is 0 Å². The number of hydrogen-bond donors (Lipinski definition) is 3. The van der Waals surface area contributed by atoms with Crippen LogP contribution < -0.4 is 10.1 Å². The van der Waals surface area contributed by atoms with Gasteiger partial charge in [0.25, 0.3) is 5.91 Å². The molecule has 3 N–H and O–H groups in total. The van der Waals surface area contributed by atoms with Gasteiger partial charge in [0.15, 0.2) is 0 Å². The number of H-pyrrole nitrogens is 1. The maximum Gasteiger partial charge on any atom is 0.325 e. The molecule has 39 heavy (non-hydrogen) atoms. The van der Waals surface area contributed by atoms with E-state index in [2.05, 4.69) is 37.9 Å². The lowest BCUT2D eigenvalue weighted by molar-refractivity contribution is -0.129. The molecule has 3 aromatic carbocycles. The van der Waals surface area contributed by atoms with Gasteiger partial charge in [-0.15, -0.1) is 0 Å². The Kier molecular flexibility index (Phi) is 8.20. The fourth-order valence-corrected chi connectivity index (χ4v) is 5.71. The van der Waals surface area contributed by atoms with Crippen LogP contribution in [0.4, 0.5) is 4.79 Å². The zero-order valence-corrected chi connectivity index (χ0v) is 23.9. The predicted octanol–water partition coefficient (Wildman–Crippen LogP) is 5.84. The van der Waals surface area contributed by atoms with Crippen molar-refractivity contribution in [3.8, 4) is 17.0 Å². The third-order valence-electron chi connectivity index (χ3n) is 6.72. The zero-order valence-electron chi connectivity index (χ0n) is 21.0. The number of imidazole rings is 1. The smallest absolute Gasteiger partial charge is 0.325 e. The highest BCUT2D eigenvalue weighted by molar-refractivity contribution is 14.1. The summed E-state index contributed by atoms with van der Waals surface area (Å²) >= 11 is 8.71. The molecule has 8 nitrogen and oxygen atoms in total. The van der Waals surface area contributed by atoms with Crippen molar-refractivity contribution in [2.24, 2.45) is 0 Å². The number of benzene rings is 3. The Morgan fingerprint density at radius 3 is 2.54 bits per heavy atom. The summed E-state index contributed by atoms with van der Waals surface area (Å²) in [6.45, 7) is 2.05. The Morgan fingerprint density at radius 1 is 1.10 bits per heavy atom. The molecule has 0 bridgehead atoms. The first-order valence-corrected chi connectivity index (χ1v) is 13.9.